The maximum atomic E-state index is 12.3. The van der Waals surface area contributed by atoms with Crippen molar-refractivity contribution in [3.05, 3.63) is 65.4 Å². The quantitative estimate of drug-likeness (QED) is 0.481. The fourth-order valence-electron chi connectivity index (χ4n) is 3.09. The summed E-state index contributed by atoms with van der Waals surface area (Å²) in [4.78, 5) is 12.3. The molecule has 0 saturated carbocycles. The lowest BCUT2D eigenvalue weighted by atomic mass is 10.1. The number of carbonyl (C=O) groups excluding carboxylic acids is 1. The molecule has 0 bridgehead atoms. The fourth-order valence-corrected chi connectivity index (χ4v) is 4.09. The molecule has 0 aliphatic heterocycles. The number of nitrogens with zero attached hydrogens (tertiary/aromatic N) is 3. The molecule has 8 heteroatoms. The number of carbonyl (C=O) groups is 1. The summed E-state index contributed by atoms with van der Waals surface area (Å²) < 4.78 is 12.7. The van der Waals surface area contributed by atoms with Crippen molar-refractivity contribution in [1.82, 2.24) is 20.1 Å². The molecule has 0 saturated heterocycles. The van der Waals surface area contributed by atoms with Crippen molar-refractivity contribution in [1.29, 1.82) is 0 Å². The molecular formula is C22H28N4O3S. The lowest BCUT2D eigenvalue weighted by molar-refractivity contribution is 0.0948. The number of thioether (sulfide) groups is 1. The van der Waals surface area contributed by atoms with E-state index in [1.165, 1.54) is 0 Å². The van der Waals surface area contributed by atoms with Crippen LogP contribution in [-0.4, -0.2) is 34.4 Å². The molecule has 2 heterocycles. The number of furan rings is 1. The van der Waals surface area contributed by atoms with Gasteiger partial charge < -0.3 is 19.0 Å². The number of hydrogen-bond acceptors (Lipinski definition) is 6. The Morgan fingerprint density at radius 2 is 1.97 bits per heavy atom. The van der Waals surface area contributed by atoms with Gasteiger partial charge in [-0.25, -0.2) is 0 Å². The Hall–Kier alpha value is -2.58. The van der Waals surface area contributed by atoms with Gasteiger partial charge in [0.1, 0.15) is 11.6 Å². The maximum absolute atomic E-state index is 12.3. The van der Waals surface area contributed by atoms with Crippen molar-refractivity contribution in [3.8, 4) is 0 Å². The van der Waals surface area contributed by atoms with Crippen molar-refractivity contribution in [2.45, 2.75) is 50.2 Å². The molecule has 0 aliphatic carbocycles. The fraction of sp³-hybridized carbons (Fsp3) is 0.409. The number of amides is 1. The number of aromatic nitrogens is 3. The summed E-state index contributed by atoms with van der Waals surface area (Å²) in [6, 6.07) is 11.4. The Morgan fingerprint density at radius 3 is 2.60 bits per heavy atom. The molecule has 7 nitrogen and oxygen atoms in total. The zero-order chi connectivity index (χ0) is 21.5. The standard InChI is InChI=1S/C22H28N4O3S/c1-15(2)20-24-25-22(26(20)16(3)13-28-4)30-14-17-7-9-18(10-8-17)21(27)23-12-19-6-5-11-29-19/h5-11,15-16H,12-14H2,1-4H3,(H,23,27)/t16-/m0/s1. The average molecular weight is 429 g/mol. The smallest absolute Gasteiger partial charge is 0.251 e. The van der Waals surface area contributed by atoms with E-state index in [1.807, 2.05) is 30.3 Å². The number of benzene rings is 1. The normalized spacial score (nSPS) is 12.3. The van der Waals surface area contributed by atoms with Gasteiger partial charge in [-0.15, -0.1) is 10.2 Å². The summed E-state index contributed by atoms with van der Waals surface area (Å²) in [6.07, 6.45) is 1.59. The second-order valence-electron chi connectivity index (χ2n) is 7.42. The minimum atomic E-state index is -0.125. The van der Waals surface area contributed by atoms with Crippen LogP contribution < -0.4 is 5.32 Å². The second kappa shape index (κ2) is 10.4. The van der Waals surface area contributed by atoms with Crippen LogP contribution in [0.15, 0.2) is 52.2 Å². The highest BCUT2D eigenvalue weighted by Crippen LogP contribution is 2.28. The van der Waals surface area contributed by atoms with Crippen LogP contribution in [0, 0.1) is 0 Å². The largest absolute Gasteiger partial charge is 0.467 e. The molecule has 0 unspecified atom stereocenters. The summed E-state index contributed by atoms with van der Waals surface area (Å²) in [5.74, 6) is 2.59. The van der Waals surface area contributed by atoms with Crippen LogP contribution in [0.4, 0.5) is 0 Å². The number of methoxy groups -OCH3 is 1. The minimum absolute atomic E-state index is 0.125. The first-order valence-electron chi connectivity index (χ1n) is 9.95. The first kappa shape index (κ1) is 22.1. The van der Waals surface area contributed by atoms with Crippen molar-refractivity contribution in [2.75, 3.05) is 13.7 Å². The van der Waals surface area contributed by atoms with Gasteiger partial charge in [0, 0.05) is 24.3 Å². The van der Waals surface area contributed by atoms with Gasteiger partial charge in [0.05, 0.1) is 25.5 Å². The van der Waals surface area contributed by atoms with E-state index >= 15 is 0 Å². The molecule has 30 heavy (non-hydrogen) atoms. The summed E-state index contributed by atoms with van der Waals surface area (Å²) in [7, 11) is 1.70. The molecule has 2 aromatic heterocycles. The molecule has 3 rings (SSSR count). The third-order valence-electron chi connectivity index (χ3n) is 4.64. The summed E-state index contributed by atoms with van der Waals surface area (Å²) in [5.41, 5.74) is 1.73. The van der Waals surface area contributed by atoms with Gasteiger partial charge in [0.15, 0.2) is 5.16 Å². The Kier molecular flexibility index (Phi) is 7.70. The van der Waals surface area contributed by atoms with Crippen molar-refractivity contribution < 1.29 is 13.9 Å². The molecule has 1 amide bonds. The molecular weight excluding hydrogens is 400 g/mol. The van der Waals surface area contributed by atoms with Crippen molar-refractivity contribution in [2.24, 2.45) is 0 Å². The first-order chi connectivity index (χ1) is 14.5. The highest BCUT2D eigenvalue weighted by Gasteiger charge is 2.20. The number of rotatable bonds is 10. The molecule has 0 fully saturated rings. The topological polar surface area (TPSA) is 82.2 Å². The van der Waals surface area contributed by atoms with Crippen LogP contribution in [0.3, 0.4) is 0 Å². The summed E-state index contributed by atoms with van der Waals surface area (Å²) in [5, 5.41) is 12.5. The third kappa shape index (κ3) is 5.52. The van der Waals surface area contributed by atoms with E-state index in [-0.39, 0.29) is 17.9 Å². The third-order valence-corrected chi connectivity index (χ3v) is 5.66. The van der Waals surface area contributed by atoms with Gasteiger partial charge in [-0.3, -0.25) is 4.79 Å². The lowest BCUT2D eigenvalue weighted by Crippen LogP contribution is -2.22. The predicted octanol–water partition coefficient (Wildman–Crippen LogP) is 4.42. The van der Waals surface area contributed by atoms with E-state index < -0.39 is 0 Å². The minimum Gasteiger partial charge on any atom is -0.467 e. The van der Waals surface area contributed by atoms with Gasteiger partial charge in [-0.2, -0.15) is 0 Å². The molecule has 0 spiro atoms. The predicted molar refractivity (Wildman–Crippen MR) is 117 cm³/mol. The number of hydrogen-bond donors (Lipinski definition) is 1. The SMILES string of the molecule is COC[C@H](C)n1c(SCc2ccc(C(=O)NCc3ccco3)cc2)nnc1C(C)C. The van der Waals surface area contributed by atoms with Gasteiger partial charge in [-0.05, 0) is 36.8 Å². The maximum Gasteiger partial charge on any atom is 0.251 e. The molecule has 0 aliphatic rings. The highest BCUT2D eigenvalue weighted by atomic mass is 32.2. The monoisotopic (exact) mass is 428 g/mol. The first-order valence-corrected chi connectivity index (χ1v) is 10.9. The van der Waals surface area contributed by atoms with Crippen LogP contribution in [-0.2, 0) is 17.0 Å². The molecule has 160 valence electrons. The second-order valence-corrected chi connectivity index (χ2v) is 8.36. The van der Waals surface area contributed by atoms with Gasteiger partial charge in [0.2, 0.25) is 0 Å². The van der Waals surface area contributed by atoms with E-state index in [0.29, 0.717) is 18.7 Å². The number of ether oxygens (including phenoxy) is 1. The van der Waals surface area contributed by atoms with Crippen LogP contribution in [0.25, 0.3) is 0 Å². The lowest BCUT2D eigenvalue weighted by Gasteiger charge is -2.18. The summed E-state index contributed by atoms with van der Waals surface area (Å²) in [6.45, 7) is 7.32. The van der Waals surface area contributed by atoms with Gasteiger partial charge in [-0.1, -0.05) is 37.7 Å². The molecule has 1 N–H and O–H groups in total. The van der Waals surface area contributed by atoms with Crippen molar-refractivity contribution >= 4 is 17.7 Å². The molecule has 3 aromatic rings. The van der Waals surface area contributed by atoms with E-state index in [9.17, 15) is 4.79 Å². The van der Waals surface area contributed by atoms with Gasteiger partial charge in [0.25, 0.3) is 5.91 Å². The van der Waals surface area contributed by atoms with Crippen LogP contribution in [0.2, 0.25) is 0 Å². The summed E-state index contributed by atoms with van der Waals surface area (Å²) >= 11 is 1.64. The Labute approximate surface area is 181 Å². The zero-order valence-corrected chi connectivity index (χ0v) is 18.6. The Bertz CT molecular complexity index is 936. The number of nitrogens with one attached hydrogen (secondary N) is 1. The van der Waals surface area contributed by atoms with Crippen molar-refractivity contribution in [3.63, 3.8) is 0 Å². The van der Waals surface area contributed by atoms with Gasteiger partial charge >= 0.3 is 0 Å². The van der Waals surface area contributed by atoms with Crippen LogP contribution >= 0.6 is 11.8 Å². The highest BCUT2D eigenvalue weighted by molar-refractivity contribution is 7.98. The van der Waals surface area contributed by atoms with E-state index in [4.69, 9.17) is 9.15 Å². The van der Waals surface area contributed by atoms with E-state index in [1.54, 1.807) is 31.2 Å². The van der Waals surface area contributed by atoms with Crippen LogP contribution in [0.5, 0.6) is 0 Å². The van der Waals surface area contributed by atoms with Crippen LogP contribution in [0.1, 0.15) is 60.2 Å². The average Bonchev–Trinajstić information content (AvgIpc) is 3.41. The Morgan fingerprint density at radius 1 is 1.20 bits per heavy atom. The Balaban J connectivity index is 1.61. The van der Waals surface area contributed by atoms with E-state index in [2.05, 4.69) is 40.9 Å². The molecule has 1 atom stereocenters. The zero-order valence-electron chi connectivity index (χ0n) is 17.8. The molecule has 0 radical (unpaired) electrons. The van der Waals surface area contributed by atoms with E-state index in [0.717, 1.165) is 28.1 Å². The molecule has 1 aromatic carbocycles.